The molecule has 0 aromatic heterocycles. The number of carbonyl (C=O) groups excluding carboxylic acids is 1. The molecule has 0 heterocycles. The van der Waals surface area contributed by atoms with Crippen molar-refractivity contribution in [3.05, 3.63) is 0 Å². The van der Waals surface area contributed by atoms with Crippen LogP contribution in [0.5, 0.6) is 0 Å². The van der Waals surface area contributed by atoms with E-state index in [1.807, 2.05) is 20.8 Å². The van der Waals surface area contributed by atoms with Crippen LogP contribution in [0.25, 0.3) is 0 Å². The molecule has 114 valence electrons. The van der Waals surface area contributed by atoms with E-state index in [0.29, 0.717) is 13.2 Å². The van der Waals surface area contributed by atoms with E-state index in [2.05, 4.69) is 5.32 Å². The third-order valence-electron chi connectivity index (χ3n) is 2.19. The average molecular weight is 278 g/mol. The molecule has 0 rings (SSSR count). The van der Waals surface area contributed by atoms with Crippen LogP contribution in [0.4, 0.5) is 9.18 Å². The van der Waals surface area contributed by atoms with E-state index >= 15 is 0 Å². The van der Waals surface area contributed by atoms with E-state index in [0.717, 1.165) is 19.3 Å². The summed E-state index contributed by atoms with van der Waals surface area (Å²) in [6.45, 7) is 6.62. The van der Waals surface area contributed by atoms with Gasteiger partial charge in [0.1, 0.15) is 11.8 Å². The Bertz CT molecular complexity index is 245. The Hall–Kier alpha value is -0.880. The lowest BCUT2D eigenvalue weighted by Crippen LogP contribution is -2.33. The lowest BCUT2D eigenvalue weighted by atomic mass is 10.2. The molecule has 0 radical (unpaired) electrons. The summed E-state index contributed by atoms with van der Waals surface area (Å²) in [5.74, 6) is 0. The predicted molar refractivity (Wildman–Crippen MR) is 72.9 cm³/mol. The van der Waals surface area contributed by atoms with Crippen LogP contribution in [-0.4, -0.2) is 44.2 Å². The first-order valence-electron chi connectivity index (χ1n) is 6.74. The van der Waals surface area contributed by atoms with Crippen LogP contribution >= 0.6 is 0 Å². The maximum absolute atomic E-state index is 12.7. The molecule has 0 fully saturated rings. The van der Waals surface area contributed by atoms with E-state index in [1.54, 1.807) is 0 Å². The molecule has 0 saturated carbocycles. The lowest BCUT2D eigenvalue weighted by Gasteiger charge is -2.19. The Labute approximate surface area is 115 Å². The third-order valence-corrected chi connectivity index (χ3v) is 2.19. The summed E-state index contributed by atoms with van der Waals surface area (Å²) >= 11 is 0. The third kappa shape index (κ3) is 13.4. The number of amides is 1. The largest absolute Gasteiger partial charge is 0.444 e. The maximum Gasteiger partial charge on any atom is 0.407 e. The monoisotopic (exact) mass is 278 g/mol. The number of hydrogen-bond acceptors (Lipinski definition) is 4. The molecule has 5 nitrogen and oxygen atoms in total. The van der Waals surface area contributed by atoms with Crippen LogP contribution < -0.4 is 11.1 Å². The molecule has 0 spiro atoms. The van der Waals surface area contributed by atoms with Crippen molar-refractivity contribution in [2.45, 2.75) is 51.8 Å². The molecule has 1 atom stereocenters. The summed E-state index contributed by atoms with van der Waals surface area (Å²) in [5, 5.41) is 2.68. The van der Waals surface area contributed by atoms with Crippen molar-refractivity contribution in [3.8, 4) is 0 Å². The smallest absolute Gasteiger partial charge is 0.407 e. The quantitative estimate of drug-likeness (QED) is 0.633. The molecule has 6 heteroatoms. The molecule has 0 bridgehead atoms. The van der Waals surface area contributed by atoms with Crippen molar-refractivity contribution in [1.29, 1.82) is 0 Å². The predicted octanol–water partition coefficient (Wildman–Crippen LogP) is 1.99. The zero-order chi connectivity index (χ0) is 14.7. The fraction of sp³-hybridized carbons (Fsp3) is 0.923. The van der Waals surface area contributed by atoms with Gasteiger partial charge in [-0.1, -0.05) is 0 Å². The zero-order valence-corrected chi connectivity index (χ0v) is 12.2. The highest BCUT2D eigenvalue weighted by atomic mass is 19.1. The molecule has 0 aliphatic heterocycles. The molecular formula is C13H27FN2O3. The van der Waals surface area contributed by atoms with E-state index < -0.39 is 17.9 Å². The molecule has 1 unspecified atom stereocenters. The van der Waals surface area contributed by atoms with Gasteiger partial charge in [0.15, 0.2) is 0 Å². The number of nitrogens with one attached hydrogen (secondary N) is 1. The van der Waals surface area contributed by atoms with Gasteiger partial charge in [0.2, 0.25) is 0 Å². The molecule has 0 saturated heterocycles. The van der Waals surface area contributed by atoms with Gasteiger partial charge < -0.3 is 20.5 Å². The molecule has 19 heavy (non-hydrogen) atoms. The number of alkyl carbamates (subject to hydrolysis) is 1. The number of rotatable bonds is 9. The van der Waals surface area contributed by atoms with Crippen LogP contribution in [0.15, 0.2) is 0 Å². The SMILES string of the molecule is CC(C)(C)OC(=O)NCCCCCOCC(F)CN. The highest BCUT2D eigenvalue weighted by molar-refractivity contribution is 5.67. The molecule has 0 aromatic rings. The summed E-state index contributed by atoms with van der Waals surface area (Å²) in [5.41, 5.74) is 4.65. The minimum atomic E-state index is -1.08. The van der Waals surface area contributed by atoms with Crippen LogP contribution in [-0.2, 0) is 9.47 Å². The Balaban J connectivity index is 3.30. The van der Waals surface area contributed by atoms with Crippen LogP contribution in [0.3, 0.4) is 0 Å². The van der Waals surface area contributed by atoms with Gasteiger partial charge in [0, 0.05) is 19.7 Å². The second-order valence-electron chi connectivity index (χ2n) is 5.40. The standard InChI is InChI=1S/C13H27FN2O3/c1-13(2,3)19-12(17)16-7-5-4-6-8-18-10-11(14)9-15/h11H,4-10,15H2,1-3H3,(H,16,17). The number of ether oxygens (including phenoxy) is 2. The second-order valence-corrected chi connectivity index (χ2v) is 5.40. The van der Waals surface area contributed by atoms with E-state index in [1.165, 1.54) is 0 Å². The molecule has 3 N–H and O–H groups in total. The van der Waals surface area contributed by atoms with Gasteiger partial charge in [-0.15, -0.1) is 0 Å². The lowest BCUT2D eigenvalue weighted by molar-refractivity contribution is 0.0525. The van der Waals surface area contributed by atoms with Crippen molar-refractivity contribution in [3.63, 3.8) is 0 Å². The Morgan fingerprint density at radius 1 is 1.32 bits per heavy atom. The fourth-order valence-electron chi connectivity index (χ4n) is 1.29. The Kier molecular flexibility index (Phi) is 9.51. The van der Waals surface area contributed by atoms with Gasteiger partial charge >= 0.3 is 6.09 Å². The second kappa shape index (κ2) is 9.97. The molecule has 0 aliphatic carbocycles. The van der Waals surface area contributed by atoms with Gasteiger partial charge in [-0.05, 0) is 40.0 Å². The maximum atomic E-state index is 12.7. The topological polar surface area (TPSA) is 73.6 Å². The van der Waals surface area contributed by atoms with Gasteiger partial charge in [-0.25, -0.2) is 9.18 Å². The highest BCUT2D eigenvalue weighted by Gasteiger charge is 2.15. The van der Waals surface area contributed by atoms with Crippen molar-refractivity contribution in [2.24, 2.45) is 5.73 Å². The summed E-state index contributed by atoms with van der Waals surface area (Å²) in [6, 6.07) is 0. The van der Waals surface area contributed by atoms with Crippen molar-refractivity contribution in [2.75, 3.05) is 26.3 Å². The van der Waals surface area contributed by atoms with Gasteiger partial charge in [0.05, 0.1) is 6.61 Å². The van der Waals surface area contributed by atoms with Gasteiger partial charge in [-0.3, -0.25) is 0 Å². The first-order valence-corrected chi connectivity index (χ1v) is 6.74. The van der Waals surface area contributed by atoms with Crippen molar-refractivity contribution >= 4 is 6.09 Å². The molecule has 1 amide bonds. The average Bonchev–Trinajstić information content (AvgIpc) is 2.29. The van der Waals surface area contributed by atoms with E-state index in [4.69, 9.17) is 15.2 Å². The van der Waals surface area contributed by atoms with Crippen molar-refractivity contribution < 1.29 is 18.7 Å². The summed E-state index contributed by atoms with van der Waals surface area (Å²) in [6.07, 6.45) is 1.13. The first-order chi connectivity index (χ1) is 8.85. The normalized spacial score (nSPS) is 13.1. The minimum absolute atomic E-state index is 0.000190. The summed E-state index contributed by atoms with van der Waals surface area (Å²) in [7, 11) is 0. The molecular weight excluding hydrogens is 251 g/mol. The molecule has 0 aromatic carbocycles. The Morgan fingerprint density at radius 3 is 2.58 bits per heavy atom. The number of carbonyl (C=O) groups is 1. The van der Waals surface area contributed by atoms with Gasteiger partial charge in [0.25, 0.3) is 0 Å². The van der Waals surface area contributed by atoms with E-state index in [-0.39, 0.29) is 13.2 Å². The zero-order valence-electron chi connectivity index (χ0n) is 12.2. The minimum Gasteiger partial charge on any atom is -0.444 e. The number of nitrogens with two attached hydrogens (primary N) is 1. The number of hydrogen-bond donors (Lipinski definition) is 2. The molecule has 0 aliphatic rings. The Morgan fingerprint density at radius 2 is 2.00 bits per heavy atom. The number of halogens is 1. The van der Waals surface area contributed by atoms with Crippen LogP contribution in [0, 0.1) is 0 Å². The van der Waals surface area contributed by atoms with Gasteiger partial charge in [-0.2, -0.15) is 0 Å². The highest BCUT2D eigenvalue weighted by Crippen LogP contribution is 2.06. The van der Waals surface area contributed by atoms with Crippen LogP contribution in [0.2, 0.25) is 0 Å². The summed E-state index contributed by atoms with van der Waals surface area (Å²) in [4.78, 5) is 11.3. The van der Waals surface area contributed by atoms with Crippen LogP contribution in [0.1, 0.15) is 40.0 Å². The fourth-order valence-corrected chi connectivity index (χ4v) is 1.29. The van der Waals surface area contributed by atoms with Crippen molar-refractivity contribution in [1.82, 2.24) is 5.32 Å². The first kappa shape index (κ1) is 18.1. The number of alkyl halides is 1. The number of unbranched alkanes of at least 4 members (excludes halogenated alkanes) is 2. The summed E-state index contributed by atoms with van der Waals surface area (Å²) < 4.78 is 22.9. The van der Waals surface area contributed by atoms with E-state index in [9.17, 15) is 9.18 Å².